The number of ether oxygens (including phenoxy) is 1. The van der Waals surface area contributed by atoms with Crippen LogP contribution in [0.4, 0.5) is 0 Å². The van der Waals surface area contributed by atoms with E-state index < -0.39 is 0 Å². The van der Waals surface area contributed by atoms with Gasteiger partial charge in [-0.25, -0.2) is 4.98 Å². The molecular formula is C14H24N2O2S. The standard InChI is InChI=1S/C14H24N2O2S/c1-7-18-12(17)8-11(16(5)6)10-9-19-13(15-10)14(2,3)4/h9,11H,7-8H2,1-6H3. The summed E-state index contributed by atoms with van der Waals surface area (Å²) < 4.78 is 5.03. The Morgan fingerprint density at radius 2 is 2.11 bits per heavy atom. The predicted molar refractivity (Wildman–Crippen MR) is 78.5 cm³/mol. The Morgan fingerprint density at radius 1 is 1.47 bits per heavy atom. The molecule has 0 amide bonds. The molecule has 1 atom stereocenters. The highest BCUT2D eigenvalue weighted by Gasteiger charge is 2.24. The Morgan fingerprint density at radius 3 is 2.53 bits per heavy atom. The Balaban J connectivity index is 2.88. The average molecular weight is 284 g/mol. The van der Waals surface area contributed by atoms with E-state index in [0.29, 0.717) is 13.0 Å². The van der Waals surface area contributed by atoms with Crippen LogP contribution in [0.1, 0.15) is 50.9 Å². The van der Waals surface area contributed by atoms with E-state index in [1.807, 2.05) is 31.3 Å². The summed E-state index contributed by atoms with van der Waals surface area (Å²) in [6, 6.07) is -0.0219. The number of aromatic nitrogens is 1. The van der Waals surface area contributed by atoms with E-state index in [1.165, 1.54) is 0 Å². The van der Waals surface area contributed by atoms with Gasteiger partial charge >= 0.3 is 5.97 Å². The van der Waals surface area contributed by atoms with Gasteiger partial charge in [0.25, 0.3) is 0 Å². The molecule has 0 aliphatic heterocycles. The molecule has 5 heteroatoms. The average Bonchev–Trinajstić information content (AvgIpc) is 2.74. The van der Waals surface area contributed by atoms with Gasteiger partial charge in [0.2, 0.25) is 0 Å². The van der Waals surface area contributed by atoms with Gasteiger partial charge in [-0.1, -0.05) is 20.8 Å². The second kappa shape index (κ2) is 6.48. The summed E-state index contributed by atoms with van der Waals surface area (Å²) in [7, 11) is 3.92. The van der Waals surface area contributed by atoms with Gasteiger partial charge in [-0.3, -0.25) is 4.79 Å². The van der Waals surface area contributed by atoms with Gasteiger partial charge in [-0.15, -0.1) is 11.3 Å². The Hall–Kier alpha value is -0.940. The van der Waals surface area contributed by atoms with Crippen molar-refractivity contribution in [2.24, 2.45) is 0 Å². The van der Waals surface area contributed by atoms with Crippen LogP contribution in [0, 0.1) is 0 Å². The Bertz CT molecular complexity index is 421. The molecule has 108 valence electrons. The molecule has 1 heterocycles. The van der Waals surface area contributed by atoms with Crippen LogP contribution in [0.15, 0.2) is 5.38 Å². The second-order valence-electron chi connectivity index (χ2n) is 5.82. The van der Waals surface area contributed by atoms with Gasteiger partial charge in [-0.05, 0) is 21.0 Å². The highest BCUT2D eigenvalue weighted by Crippen LogP contribution is 2.30. The molecule has 1 aromatic heterocycles. The van der Waals surface area contributed by atoms with E-state index >= 15 is 0 Å². The molecule has 4 nitrogen and oxygen atoms in total. The summed E-state index contributed by atoms with van der Waals surface area (Å²) in [4.78, 5) is 18.4. The molecule has 0 spiro atoms. The number of hydrogen-bond donors (Lipinski definition) is 0. The largest absolute Gasteiger partial charge is 0.466 e. The molecule has 0 radical (unpaired) electrons. The quantitative estimate of drug-likeness (QED) is 0.780. The summed E-state index contributed by atoms with van der Waals surface area (Å²) >= 11 is 1.65. The highest BCUT2D eigenvalue weighted by atomic mass is 32.1. The molecule has 1 rings (SSSR count). The zero-order valence-corrected chi connectivity index (χ0v) is 13.5. The van der Waals surface area contributed by atoms with Crippen LogP contribution < -0.4 is 0 Å². The van der Waals surface area contributed by atoms with Crippen molar-refractivity contribution >= 4 is 17.3 Å². The van der Waals surface area contributed by atoms with Gasteiger partial charge in [0.15, 0.2) is 0 Å². The minimum atomic E-state index is -0.175. The first-order chi connectivity index (χ1) is 8.75. The summed E-state index contributed by atoms with van der Waals surface area (Å²) in [5.74, 6) is -0.175. The number of rotatable bonds is 5. The van der Waals surface area contributed by atoms with E-state index in [1.54, 1.807) is 11.3 Å². The van der Waals surface area contributed by atoms with Crippen molar-refractivity contribution in [2.75, 3.05) is 20.7 Å². The van der Waals surface area contributed by atoms with E-state index in [4.69, 9.17) is 4.74 Å². The van der Waals surface area contributed by atoms with Gasteiger partial charge < -0.3 is 9.64 Å². The fourth-order valence-corrected chi connectivity index (χ4v) is 2.67. The predicted octanol–water partition coefficient (Wildman–Crippen LogP) is 3.00. The number of hydrogen-bond acceptors (Lipinski definition) is 5. The van der Waals surface area contributed by atoms with Crippen molar-refractivity contribution in [2.45, 2.75) is 45.6 Å². The second-order valence-corrected chi connectivity index (χ2v) is 6.67. The summed E-state index contributed by atoms with van der Waals surface area (Å²) in [5, 5.41) is 3.14. The summed E-state index contributed by atoms with van der Waals surface area (Å²) in [6.45, 7) is 8.68. The molecular weight excluding hydrogens is 260 g/mol. The normalized spacial score (nSPS) is 13.6. The van der Waals surface area contributed by atoms with Gasteiger partial charge in [0, 0.05) is 10.8 Å². The number of thiazole rings is 1. The molecule has 0 saturated carbocycles. The minimum Gasteiger partial charge on any atom is -0.466 e. The smallest absolute Gasteiger partial charge is 0.307 e. The first kappa shape index (κ1) is 16.1. The number of carbonyl (C=O) groups is 1. The SMILES string of the molecule is CCOC(=O)CC(c1csc(C(C)(C)C)n1)N(C)C. The fourth-order valence-electron chi connectivity index (χ4n) is 1.71. The van der Waals surface area contributed by atoms with Crippen molar-refractivity contribution in [1.29, 1.82) is 0 Å². The fraction of sp³-hybridized carbons (Fsp3) is 0.714. The van der Waals surface area contributed by atoms with E-state index in [-0.39, 0.29) is 17.4 Å². The Labute approximate surface area is 119 Å². The molecule has 1 aromatic rings. The lowest BCUT2D eigenvalue weighted by atomic mass is 9.98. The lowest BCUT2D eigenvalue weighted by Gasteiger charge is -2.22. The molecule has 0 aromatic carbocycles. The molecule has 0 bridgehead atoms. The molecule has 0 N–H and O–H groups in total. The summed E-state index contributed by atoms with van der Waals surface area (Å²) in [5.41, 5.74) is 0.997. The van der Waals surface area contributed by atoms with E-state index in [2.05, 4.69) is 25.8 Å². The van der Waals surface area contributed by atoms with Crippen LogP contribution >= 0.6 is 11.3 Å². The third-order valence-corrected chi connectivity index (χ3v) is 4.08. The van der Waals surface area contributed by atoms with Crippen molar-refractivity contribution in [3.8, 4) is 0 Å². The van der Waals surface area contributed by atoms with E-state index in [0.717, 1.165) is 10.7 Å². The lowest BCUT2D eigenvalue weighted by molar-refractivity contribution is -0.144. The lowest BCUT2D eigenvalue weighted by Crippen LogP contribution is -2.24. The molecule has 0 aliphatic carbocycles. The molecule has 1 unspecified atom stereocenters. The van der Waals surface area contributed by atoms with Gasteiger partial charge in [-0.2, -0.15) is 0 Å². The maximum Gasteiger partial charge on any atom is 0.307 e. The van der Waals surface area contributed by atoms with Crippen LogP contribution in [-0.2, 0) is 14.9 Å². The van der Waals surface area contributed by atoms with Crippen molar-refractivity contribution in [1.82, 2.24) is 9.88 Å². The number of nitrogens with zero attached hydrogens (tertiary/aromatic N) is 2. The first-order valence-electron chi connectivity index (χ1n) is 6.53. The third-order valence-electron chi connectivity index (χ3n) is 2.79. The first-order valence-corrected chi connectivity index (χ1v) is 7.41. The van der Waals surface area contributed by atoms with Crippen LogP contribution in [0.25, 0.3) is 0 Å². The minimum absolute atomic E-state index is 0.0219. The van der Waals surface area contributed by atoms with Crippen molar-refractivity contribution < 1.29 is 9.53 Å². The van der Waals surface area contributed by atoms with Gasteiger partial charge in [0.05, 0.1) is 29.8 Å². The van der Waals surface area contributed by atoms with E-state index in [9.17, 15) is 4.79 Å². The highest BCUT2D eigenvalue weighted by molar-refractivity contribution is 7.09. The number of esters is 1. The molecule has 0 fully saturated rings. The summed E-state index contributed by atoms with van der Waals surface area (Å²) in [6.07, 6.45) is 0.341. The molecule has 19 heavy (non-hydrogen) atoms. The van der Waals surface area contributed by atoms with Crippen molar-refractivity contribution in [3.63, 3.8) is 0 Å². The van der Waals surface area contributed by atoms with Gasteiger partial charge in [0.1, 0.15) is 0 Å². The zero-order chi connectivity index (χ0) is 14.6. The van der Waals surface area contributed by atoms with Crippen molar-refractivity contribution in [3.05, 3.63) is 16.1 Å². The van der Waals surface area contributed by atoms with Crippen LogP contribution in [-0.4, -0.2) is 36.6 Å². The maximum absolute atomic E-state index is 11.7. The Kier molecular flexibility index (Phi) is 5.50. The molecule has 0 aliphatic rings. The molecule has 0 saturated heterocycles. The monoisotopic (exact) mass is 284 g/mol. The van der Waals surface area contributed by atoms with Crippen LogP contribution in [0.5, 0.6) is 0 Å². The van der Waals surface area contributed by atoms with Crippen LogP contribution in [0.2, 0.25) is 0 Å². The third kappa shape index (κ3) is 4.58. The maximum atomic E-state index is 11.7. The van der Waals surface area contributed by atoms with Crippen LogP contribution in [0.3, 0.4) is 0 Å². The zero-order valence-electron chi connectivity index (χ0n) is 12.7. The topological polar surface area (TPSA) is 42.4 Å². The number of carbonyl (C=O) groups excluding carboxylic acids is 1.